The van der Waals surface area contributed by atoms with Crippen LogP contribution >= 0.6 is 0 Å². The summed E-state index contributed by atoms with van der Waals surface area (Å²) in [6.45, 7) is 2.69. The number of hydrogen-bond acceptors (Lipinski definition) is 4. The van der Waals surface area contributed by atoms with E-state index < -0.39 is 0 Å². The largest absolute Gasteiger partial charge is 0.348 e. The number of amides is 1. The Morgan fingerprint density at radius 1 is 1.24 bits per heavy atom. The number of nitrogens with one attached hydrogen (secondary N) is 1. The number of aromatic nitrogens is 3. The summed E-state index contributed by atoms with van der Waals surface area (Å²) in [6, 6.07) is 3.65. The van der Waals surface area contributed by atoms with Crippen molar-refractivity contribution in [3.8, 4) is 0 Å². The van der Waals surface area contributed by atoms with Crippen molar-refractivity contribution in [1.29, 1.82) is 0 Å². The first-order valence-electron chi connectivity index (χ1n) is 8.91. The molecule has 6 heteroatoms. The van der Waals surface area contributed by atoms with Crippen molar-refractivity contribution in [1.82, 2.24) is 19.9 Å². The first-order valence-corrected chi connectivity index (χ1v) is 8.91. The van der Waals surface area contributed by atoms with Gasteiger partial charge in [0.15, 0.2) is 0 Å². The second kappa shape index (κ2) is 6.43. The molecule has 1 fully saturated rings. The van der Waals surface area contributed by atoms with Gasteiger partial charge in [0.05, 0.1) is 11.9 Å². The Balaban J connectivity index is 1.48. The van der Waals surface area contributed by atoms with Gasteiger partial charge in [-0.3, -0.25) is 14.6 Å². The molecule has 2 aromatic rings. The lowest BCUT2D eigenvalue weighted by molar-refractivity contribution is 0.0928. The maximum atomic E-state index is 12.3. The van der Waals surface area contributed by atoms with Crippen LogP contribution in [0.5, 0.6) is 0 Å². The molecule has 1 atom stereocenters. The predicted octanol–water partition coefficient (Wildman–Crippen LogP) is 1.64. The third-order valence-electron chi connectivity index (χ3n) is 5.07. The average molecular weight is 338 g/mol. The SMILES string of the molecule is Cc1cnc(C(=O)NC2CCc3c(ccc(=O)n3CC3CC3)C2)cn1. The average Bonchev–Trinajstić information content (AvgIpc) is 3.42. The molecule has 25 heavy (non-hydrogen) atoms. The van der Waals surface area contributed by atoms with Gasteiger partial charge in [-0.05, 0) is 50.5 Å². The fraction of sp³-hybridized carbons (Fsp3) is 0.474. The van der Waals surface area contributed by atoms with E-state index in [2.05, 4.69) is 15.3 Å². The van der Waals surface area contributed by atoms with Gasteiger partial charge in [0, 0.05) is 30.5 Å². The van der Waals surface area contributed by atoms with Crippen molar-refractivity contribution < 1.29 is 4.79 Å². The molecule has 0 bridgehead atoms. The fourth-order valence-electron chi connectivity index (χ4n) is 3.48. The summed E-state index contributed by atoms with van der Waals surface area (Å²) in [5, 5.41) is 3.05. The molecule has 0 aromatic carbocycles. The molecule has 0 aliphatic heterocycles. The Morgan fingerprint density at radius 3 is 2.80 bits per heavy atom. The van der Waals surface area contributed by atoms with Crippen LogP contribution in [0.25, 0.3) is 0 Å². The van der Waals surface area contributed by atoms with Crippen LogP contribution in [-0.4, -0.2) is 26.5 Å². The monoisotopic (exact) mass is 338 g/mol. The van der Waals surface area contributed by atoms with Gasteiger partial charge in [-0.1, -0.05) is 6.07 Å². The van der Waals surface area contributed by atoms with E-state index in [9.17, 15) is 9.59 Å². The number of pyridine rings is 1. The molecule has 2 heterocycles. The molecule has 4 rings (SSSR count). The van der Waals surface area contributed by atoms with Gasteiger partial charge in [0.1, 0.15) is 5.69 Å². The van der Waals surface area contributed by atoms with Crippen LogP contribution in [0.1, 0.15) is 46.7 Å². The molecule has 130 valence electrons. The molecule has 1 unspecified atom stereocenters. The van der Waals surface area contributed by atoms with Crippen LogP contribution in [0.15, 0.2) is 29.3 Å². The number of rotatable bonds is 4. The Labute approximate surface area is 146 Å². The van der Waals surface area contributed by atoms with Gasteiger partial charge < -0.3 is 9.88 Å². The van der Waals surface area contributed by atoms with Gasteiger partial charge in [-0.2, -0.15) is 0 Å². The Morgan fingerprint density at radius 2 is 2.08 bits per heavy atom. The molecule has 1 saturated carbocycles. The minimum absolute atomic E-state index is 0.0648. The number of hydrogen-bond donors (Lipinski definition) is 1. The molecular weight excluding hydrogens is 316 g/mol. The maximum absolute atomic E-state index is 12.3. The highest BCUT2D eigenvalue weighted by atomic mass is 16.2. The van der Waals surface area contributed by atoms with E-state index >= 15 is 0 Å². The summed E-state index contributed by atoms with van der Waals surface area (Å²) in [4.78, 5) is 32.8. The van der Waals surface area contributed by atoms with Crippen LogP contribution in [0.4, 0.5) is 0 Å². The Hall–Kier alpha value is -2.50. The van der Waals surface area contributed by atoms with Crippen LogP contribution in [-0.2, 0) is 19.4 Å². The molecule has 1 amide bonds. The minimum atomic E-state index is -0.188. The number of carbonyl (C=O) groups is 1. The van der Waals surface area contributed by atoms with Crippen molar-refractivity contribution in [2.75, 3.05) is 0 Å². The van der Waals surface area contributed by atoms with E-state index in [1.165, 1.54) is 24.6 Å². The quantitative estimate of drug-likeness (QED) is 0.919. The van der Waals surface area contributed by atoms with E-state index in [0.717, 1.165) is 37.2 Å². The third kappa shape index (κ3) is 3.48. The molecule has 2 aliphatic carbocycles. The molecular formula is C19H22N4O2. The van der Waals surface area contributed by atoms with Crippen molar-refractivity contribution in [3.05, 3.63) is 57.5 Å². The zero-order valence-corrected chi connectivity index (χ0v) is 14.4. The highest BCUT2D eigenvalue weighted by molar-refractivity contribution is 5.92. The number of aryl methyl sites for hydroxylation is 1. The van der Waals surface area contributed by atoms with Crippen molar-refractivity contribution in [2.24, 2.45) is 5.92 Å². The lowest BCUT2D eigenvalue weighted by atomic mass is 9.91. The normalized spacial score (nSPS) is 19.3. The van der Waals surface area contributed by atoms with Crippen LogP contribution in [0.3, 0.4) is 0 Å². The van der Waals surface area contributed by atoms with Crippen molar-refractivity contribution in [2.45, 2.75) is 51.6 Å². The molecule has 2 aromatic heterocycles. The van der Waals surface area contributed by atoms with E-state index in [4.69, 9.17) is 0 Å². The van der Waals surface area contributed by atoms with E-state index in [1.54, 1.807) is 12.3 Å². The van der Waals surface area contributed by atoms with Crippen LogP contribution in [0, 0.1) is 12.8 Å². The highest BCUT2D eigenvalue weighted by Crippen LogP contribution is 2.31. The smallest absolute Gasteiger partial charge is 0.271 e. The van der Waals surface area contributed by atoms with Gasteiger partial charge in [0.25, 0.3) is 11.5 Å². The van der Waals surface area contributed by atoms with Crippen molar-refractivity contribution in [3.63, 3.8) is 0 Å². The summed E-state index contributed by atoms with van der Waals surface area (Å²) in [7, 11) is 0. The molecule has 0 radical (unpaired) electrons. The number of fused-ring (bicyclic) bond motifs is 1. The highest BCUT2D eigenvalue weighted by Gasteiger charge is 2.27. The van der Waals surface area contributed by atoms with Gasteiger partial charge in [-0.25, -0.2) is 4.98 Å². The first-order chi connectivity index (χ1) is 12.1. The minimum Gasteiger partial charge on any atom is -0.348 e. The molecule has 2 aliphatic rings. The predicted molar refractivity (Wildman–Crippen MR) is 93.5 cm³/mol. The second-order valence-corrected chi connectivity index (χ2v) is 7.15. The summed E-state index contributed by atoms with van der Waals surface area (Å²) in [5.41, 5.74) is 3.56. The zero-order chi connectivity index (χ0) is 17.4. The number of carbonyl (C=O) groups excluding carboxylic acids is 1. The summed E-state index contributed by atoms with van der Waals surface area (Å²) in [5.74, 6) is 0.481. The maximum Gasteiger partial charge on any atom is 0.271 e. The summed E-state index contributed by atoms with van der Waals surface area (Å²) < 4.78 is 1.95. The van der Waals surface area contributed by atoms with Crippen molar-refractivity contribution >= 4 is 5.91 Å². The molecule has 0 spiro atoms. The van der Waals surface area contributed by atoms with Crippen LogP contribution in [0.2, 0.25) is 0 Å². The topological polar surface area (TPSA) is 76.9 Å². The lowest BCUT2D eigenvalue weighted by Crippen LogP contribution is -2.41. The summed E-state index contributed by atoms with van der Waals surface area (Å²) >= 11 is 0. The van der Waals surface area contributed by atoms with E-state index in [0.29, 0.717) is 11.6 Å². The van der Waals surface area contributed by atoms with Gasteiger partial charge >= 0.3 is 0 Å². The van der Waals surface area contributed by atoms with Gasteiger partial charge in [0.2, 0.25) is 0 Å². The zero-order valence-electron chi connectivity index (χ0n) is 14.4. The number of nitrogens with zero attached hydrogens (tertiary/aromatic N) is 3. The molecule has 1 N–H and O–H groups in total. The van der Waals surface area contributed by atoms with Gasteiger partial charge in [-0.15, -0.1) is 0 Å². The summed E-state index contributed by atoms with van der Waals surface area (Å²) in [6.07, 6.45) is 7.98. The fourth-order valence-corrected chi connectivity index (χ4v) is 3.48. The first kappa shape index (κ1) is 16.0. The van der Waals surface area contributed by atoms with E-state index in [1.807, 2.05) is 17.6 Å². The molecule has 6 nitrogen and oxygen atoms in total. The third-order valence-corrected chi connectivity index (χ3v) is 5.07. The van der Waals surface area contributed by atoms with Crippen LogP contribution < -0.4 is 10.9 Å². The Kier molecular flexibility index (Phi) is 4.11. The molecule has 0 saturated heterocycles. The second-order valence-electron chi connectivity index (χ2n) is 7.15. The standard InChI is InChI=1S/C19H22N4O2/c1-12-9-21-16(10-20-12)19(25)22-15-5-6-17-14(8-15)4-7-18(24)23(17)11-13-2-3-13/h4,7,9-10,13,15H,2-3,5-6,8,11H2,1H3,(H,22,25). The van der Waals surface area contributed by atoms with E-state index in [-0.39, 0.29) is 17.5 Å². The Bertz CT molecular complexity index is 853. The lowest BCUT2D eigenvalue weighted by Gasteiger charge is -2.27.